The van der Waals surface area contributed by atoms with Crippen molar-refractivity contribution in [3.05, 3.63) is 83.6 Å². The highest BCUT2D eigenvalue weighted by atomic mass is 16.3. The van der Waals surface area contributed by atoms with Gasteiger partial charge in [-0.1, -0.05) is 50.3 Å². The van der Waals surface area contributed by atoms with Gasteiger partial charge in [0, 0.05) is 23.8 Å². The summed E-state index contributed by atoms with van der Waals surface area (Å²) in [5.41, 5.74) is 3.79. The Hall–Kier alpha value is -2.81. The van der Waals surface area contributed by atoms with E-state index in [1.54, 1.807) is 24.3 Å². The number of phenols is 1. The molecule has 122 valence electrons. The molecule has 0 radical (unpaired) electrons. The van der Waals surface area contributed by atoms with Crippen LogP contribution in [0.15, 0.2) is 72.5 Å². The summed E-state index contributed by atoms with van der Waals surface area (Å²) in [6.45, 7) is 4.36. The number of anilines is 1. The summed E-state index contributed by atoms with van der Waals surface area (Å²) < 4.78 is 0. The highest BCUT2D eigenvalue weighted by molar-refractivity contribution is 6.06. The van der Waals surface area contributed by atoms with Gasteiger partial charge >= 0.3 is 0 Å². The topological polar surface area (TPSA) is 40.5 Å². The van der Waals surface area contributed by atoms with Crippen molar-refractivity contribution in [2.75, 3.05) is 11.9 Å². The van der Waals surface area contributed by atoms with Gasteiger partial charge in [-0.05, 0) is 35.9 Å². The first kappa shape index (κ1) is 16.1. The summed E-state index contributed by atoms with van der Waals surface area (Å²) >= 11 is 0. The van der Waals surface area contributed by atoms with Gasteiger partial charge in [-0.2, -0.15) is 0 Å². The molecule has 0 aliphatic carbocycles. The number of carbonyl (C=O) groups is 1. The quantitative estimate of drug-likeness (QED) is 0.671. The van der Waals surface area contributed by atoms with Crippen molar-refractivity contribution >= 4 is 11.5 Å². The van der Waals surface area contributed by atoms with Crippen LogP contribution in [-0.2, 0) is 5.41 Å². The van der Waals surface area contributed by atoms with Crippen molar-refractivity contribution in [2.24, 2.45) is 0 Å². The van der Waals surface area contributed by atoms with Crippen LogP contribution >= 0.6 is 0 Å². The number of rotatable bonds is 3. The van der Waals surface area contributed by atoms with Gasteiger partial charge in [-0.3, -0.25) is 4.79 Å². The first-order valence-electron chi connectivity index (χ1n) is 7.97. The molecule has 1 heterocycles. The second-order valence-corrected chi connectivity index (χ2v) is 6.49. The monoisotopic (exact) mass is 319 g/mol. The molecule has 24 heavy (non-hydrogen) atoms. The molecule has 1 aliphatic heterocycles. The summed E-state index contributed by atoms with van der Waals surface area (Å²) in [5, 5.41) is 9.76. The van der Waals surface area contributed by atoms with Crippen LogP contribution in [-0.4, -0.2) is 17.9 Å². The Kier molecular flexibility index (Phi) is 4.02. The van der Waals surface area contributed by atoms with Gasteiger partial charge in [0.05, 0.1) is 5.56 Å². The van der Waals surface area contributed by atoms with E-state index in [1.165, 1.54) is 23.4 Å². The minimum Gasteiger partial charge on any atom is -0.507 e. The van der Waals surface area contributed by atoms with Crippen LogP contribution in [0.2, 0.25) is 0 Å². The van der Waals surface area contributed by atoms with Gasteiger partial charge in [-0.25, -0.2) is 0 Å². The number of likely N-dealkylation sites (N-methyl/N-ethyl adjacent to an activating group) is 1. The molecule has 0 atom stereocenters. The summed E-state index contributed by atoms with van der Waals surface area (Å²) in [5.74, 6) is -0.202. The average molecular weight is 319 g/mol. The third-order valence-electron chi connectivity index (χ3n) is 4.61. The molecule has 0 fully saturated rings. The molecule has 0 bridgehead atoms. The molecule has 0 amide bonds. The normalized spacial score (nSPS) is 17.5. The van der Waals surface area contributed by atoms with Crippen LogP contribution in [0, 0.1) is 0 Å². The Bertz CT molecular complexity index is 846. The van der Waals surface area contributed by atoms with E-state index in [1.807, 2.05) is 19.2 Å². The molecule has 3 nitrogen and oxygen atoms in total. The summed E-state index contributed by atoms with van der Waals surface area (Å²) in [6.07, 6.45) is 5.22. The van der Waals surface area contributed by atoms with E-state index in [9.17, 15) is 9.90 Å². The van der Waals surface area contributed by atoms with Crippen molar-refractivity contribution in [2.45, 2.75) is 19.3 Å². The average Bonchev–Trinajstić information content (AvgIpc) is 2.76. The first-order valence-corrected chi connectivity index (χ1v) is 7.97. The number of aromatic hydroxyl groups is 1. The van der Waals surface area contributed by atoms with E-state index in [-0.39, 0.29) is 16.9 Å². The van der Waals surface area contributed by atoms with Gasteiger partial charge in [0.25, 0.3) is 0 Å². The zero-order valence-electron chi connectivity index (χ0n) is 14.2. The Morgan fingerprint density at radius 1 is 1.08 bits per heavy atom. The molecule has 0 saturated heterocycles. The lowest BCUT2D eigenvalue weighted by atomic mass is 9.84. The number of phenolic OH excluding ortho intramolecular Hbond substituents is 1. The van der Waals surface area contributed by atoms with Gasteiger partial charge in [-0.15, -0.1) is 0 Å². The lowest BCUT2D eigenvalue weighted by Gasteiger charge is -2.23. The van der Waals surface area contributed by atoms with Crippen LogP contribution in [0.5, 0.6) is 5.75 Å². The van der Waals surface area contributed by atoms with Crippen LogP contribution in [0.1, 0.15) is 29.8 Å². The van der Waals surface area contributed by atoms with Crippen molar-refractivity contribution in [3.63, 3.8) is 0 Å². The number of nitrogens with zero attached hydrogens (tertiary/aromatic N) is 1. The molecule has 0 aromatic heterocycles. The number of fused-ring (bicyclic) bond motifs is 1. The lowest BCUT2D eigenvalue weighted by Crippen LogP contribution is -2.22. The number of ketones is 1. The summed E-state index contributed by atoms with van der Waals surface area (Å²) in [4.78, 5) is 14.4. The zero-order chi connectivity index (χ0) is 17.3. The van der Waals surface area contributed by atoms with E-state index >= 15 is 0 Å². The number of allylic oxidation sites excluding steroid dienone is 4. The molecule has 2 aromatic rings. The van der Waals surface area contributed by atoms with Crippen molar-refractivity contribution in [1.29, 1.82) is 0 Å². The van der Waals surface area contributed by atoms with Gasteiger partial charge in [0.1, 0.15) is 5.75 Å². The predicted molar refractivity (Wildman–Crippen MR) is 97.5 cm³/mol. The summed E-state index contributed by atoms with van der Waals surface area (Å²) in [6, 6.07) is 14.9. The minimum atomic E-state index is -0.207. The predicted octanol–water partition coefficient (Wildman–Crippen LogP) is 4.44. The molecular weight excluding hydrogens is 298 g/mol. The Morgan fingerprint density at radius 3 is 2.46 bits per heavy atom. The number of benzene rings is 2. The number of para-hydroxylation sites is 2. The standard InChI is InChI=1S/C21H21NO2/c1-21(2)16-10-5-6-11-17(16)22(3)20(21)14-8-13-19(24)15-9-4-7-12-18(15)23/h4-14,23H,1-3H3. The van der Waals surface area contributed by atoms with Gasteiger partial charge < -0.3 is 10.0 Å². The number of hydrogen-bond acceptors (Lipinski definition) is 3. The van der Waals surface area contributed by atoms with Crippen molar-refractivity contribution < 1.29 is 9.90 Å². The highest BCUT2D eigenvalue weighted by Crippen LogP contribution is 2.46. The molecule has 3 heteroatoms. The smallest absolute Gasteiger partial charge is 0.189 e. The van der Waals surface area contributed by atoms with Crippen LogP contribution in [0.25, 0.3) is 0 Å². The number of carbonyl (C=O) groups excluding carboxylic acids is 1. The molecule has 0 spiro atoms. The second-order valence-electron chi connectivity index (χ2n) is 6.49. The Balaban J connectivity index is 1.88. The van der Waals surface area contributed by atoms with E-state index in [0.717, 1.165) is 5.70 Å². The highest BCUT2D eigenvalue weighted by Gasteiger charge is 2.37. The molecule has 2 aromatic carbocycles. The third-order valence-corrected chi connectivity index (χ3v) is 4.61. The molecule has 1 aliphatic rings. The van der Waals surface area contributed by atoms with E-state index in [0.29, 0.717) is 5.56 Å². The Morgan fingerprint density at radius 2 is 1.75 bits per heavy atom. The van der Waals surface area contributed by atoms with E-state index in [4.69, 9.17) is 0 Å². The maximum absolute atomic E-state index is 12.2. The zero-order valence-corrected chi connectivity index (χ0v) is 14.2. The third kappa shape index (κ3) is 2.62. The lowest BCUT2D eigenvalue weighted by molar-refractivity contribution is 0.104. The number of hydrogen-bond donors (Lipinski definition) is 1. The minimum absolute atomic E-state index is 0.00511. The fourth-order valence-corrected chi connectivity index (χ4v) is 3.30. The molecule has 0 unspecified atom stereocenters. The van der Waals surface area contributed by atoms with E-state index in [2.05, 4.69) is 36.9 Å². The van der Waals surface area contributed by atoms with Gasteiger partial charge in [0.2, 0.25) is 0 Å². The van der Waals surface area contributed by atoms with Crippen molar-refractivity contribution in [3.8, 4) is 5.75 Å². The molecule has 3 rings (SSSR count). The maximum Gasteiger partial charge on any atom is 0.189 e. The summed E-state index contributed by atoms with van der Waals surface area (Å²) in [7, 11) is 2.04. The fraction of sp³-hybridized carbons (Fsp3) is 0.190. The maximum atomic E-state index is 12.2. The van der Waals surface area contributed by atoms with Crippen LogP contribution < -0.4 is 4.90 Å². The molecule has 1 N–H and O–H groups in total. The largest absolute Gasteiger partial charge is 0.507 e. The Labute approximate surface area is 142 Å². The van der Waals surface area contributed by atoms with Crippen LogP contribution in [0.4, 0.5) is 5.69 Å². The van der Waals surface area contributed by atoms with Crippen LogP contribution in [0.3, 0.4) is 0 Å². The second kappa shape index (κ2) is 6.00. The first-order chi connectivity index (χ1) is 11.4. The molecular formula is C21H21NO2. The van der Waals surface area contributed by atoms with Gasteiger partial charge in [0.15, 0.2) is 5.78 Å². The SMILES string of the molecule is CN1C(=CC=CC(=O)c2ccccc2O)C(C)(C)c2ccccc21. The fourth-order valence-electron chi connectivity index (χ4n) is 3.30. The van der Waals surface area contributed by atoms with E-state index < -0.39 is 0 Å². The van der Waals surface area contributed by atoms with Crippen molar-refractivity contribution in [1.82, 2.24) is 0 Å². The molecule has 0 saturated carbocycles.